The number of amides is 1. The topological polar surface area (TPSA) is 79.7 Å². The third kappa shape index (κ3) is 3.21. The number of aliphatic carboxylic acids is 1. The SMILES string of the molecule is CC(C)(C)OC(=O)N1C[C@@H](C(=O)O)[C@@](C)(c2ccncc2)C1. The van der Waals surface area contributed by atoms with Crippen LogP contribution in [0.1, 0.15) is 33.3 Å². The van der Waals surface area contributed by atoms with Crippen LogP contribution in [0.3, 0.4) is 0 Å². The lowest BCUT2D eigenvalue weighted by Gasteiger charge is -2.29. The van der Waals surface area contributed by atoms with Crippen molar-refractivity contribution >= 4 is 12.1 Å². The van der Waals surface area contributed by atoms with E-state index >= 15 is 0 Å². The number of rotatable bonds is 2. The highest BCUT2D eigenvalue weighted by Gasteiger charge is 2.50. The highest BCUT2D eigenvalue weighted by Crippen LogP contribution is 2.39. The standard InChI is InChI=1S/C16H22N2O4/c1-15(2,3)22-14(21)18-9-12(13(19)20)16(4,10-18)11-5-7-17-8-6-11/h5-8,12H,9-10H2,1-4H3,(H,19,20)/t12-,16+/m0/s1. The van der Waals surface area contributed by atoms with Gasteiger partial charge in [-0.25, -0.2) is 4.79 Å². The zero-order chi connectivity index (χ0) is 16.5. The predicted molar refractivity (Wildman–Crippen MR) is 80.5 cm³/mol. The number of carboxylic acids is 1. The van der Waals surface area contributed by atoms with E-state index in [1.165, 1.54) is 4.90 Å². The number of carbonyl (C=O) groups excluding carboxylic acids is 1. The first-order valence-electron chi connectivity index (χ1n) is 7.25. The molecule has 1 fully saturated rings. The van der Waals surface area contributed by atoms with Crippen molar-refractivity contribution in [3.05, 3.63) is 30.1 Å². The van der Waals surface area contributed by atoms with Gasteiger partial charge in [-0.15, -0.1) is 0 Å². The number of hydrogen-bond acceptors (Lipinski definition) is 4. The Hall–Kier alpha value is -2.11. The average molecular weight is 306 g/mol. The molecule has 22 heavy (non-hydrogen) atoms. The maximum absolute atomic E-state index is 12.2. The van der Waals surface area contributed by atoms with Crippen LogP contribution >= 0.6 is 0 Å². The van der Waals surface area contributed by atoms with E-state index in [9.17, 15) is 14.7 Å². The van der Waals surface area contributed by atoms with Crippen molar-refractivity contribution in [3.8, 4) is 0 Å². The summed E-state index contributed by atoms with van der Waals surface area (Å²) in [7, 11) is 0. The Morgan fingerprint density at radius 2 is 1.95 bits per heavy atom. The molecule has 1 amide bonds. The molecule has 0 radical (unpaired) electrons. The number of aromatic nitrogens is 1. The second kappa shape index (κ2) is 5.59. The third-order valence-electron chi connectivity index (χ3n) is 3.98. The summed E-state index contributed by atoms with van der Waals surface area (Å²) in [6, 6.07) is 3.60. The molecule has 1 aliphatic rings. The fourth-order valence-corrected chi connectivity index (χ4v) is 2.83. The van der Waals surface area contributed by atoms with Gasteiger partial charge in [0.1, 0.15) is 5.60 Å². The van der Waals surface area contributed by atoms with E-state index in [1.807, 2.05) is 6.92 Å². The molecule has 6 heteroatoms. The molecular weight excluding hydrogens is 284 g/mol. The van der Waals surface area contributed by atoms with Gasteiger partial charge in [0.25, 0.3) is 0 Å². The number of pyridine rings is 1. The first-order valence-corrected chi connectivity index (χ1v) is 7.25. The lowest BCUT2D eigenvalue weighted by Crippen LogP contribution is -2.38. The van der Waals surface area contributed by atoms with Gasteiger partial charge in [0, 0.05) is 30.9 Å². The number of carboxylic acid groups (broad SMARTS) is 1. The van der Waals surface area contributed by atoms with Gasteiger partial charge in [-0.3, -0.25) is 9.78 Å². The van der Waals surface area contributed by atoms with E-state index in [-0.39, 0.29) is 6.54 Å². The van der Waals surface area contributed by atoms with Gasteiger partial charge in [0.2, 0.25) is 0 Å². The summed E-state index contributed by atoms with van der Waals surface area (Å²) < 4.78 is 5.36. The van der Waals surface area contributed by atoms with Crippen LogP contribution in [-0.2, 0) is 14.9 Å². The quantitative estimate of drug-likeness (QED) is 0.907. The Kier molecular flexibility index (Phi) is 4.13. The molecule has 1 aliphatic heterocycles. The summed E-state index contributed by atoms with van der Waals surface area (Å²) in [5.41, 5.74) is -0.405. The minimum Gasteiger partial charge on any atom is -0.481 e. The summed E-state index contributed by atoms with van der Waals surface area (Å²) in [5, 5.41) is 9.55. The average Bonchev–Trinajstić information content (AvgIpc) is 2.78. The molecule has 1 N–H and O–H groups in total. The van der Waals surface area contributed by atoms with Crippen LogP contribution in [0.2, 0.25) is 0 Å². The van der Waals surface area contributed by atoms with Crippen molar-refractivity contribution < 1.29 is 19.4 Å². The molecular formula is C16H22N2O4. The lowest BCUT2D eigenvalue weighted by molar-refractivity contribution is -0.142. The van der Waals surface area contributed by atoms with E-state index in [1.54, 1.807) is 45.3 Å². The van der Waals surface area contributed by atoms with Crippen LogP contribution in [0.25, 0.3) is 0 Å². The van der Waals surface area contributed by atoms with E-state index < -0.39 is 29.0 Å². The van der Waals surface area contributed by atoms with Gasteiger partial charge in [-0.2, -0.15) is 0 Å². The smallest absolute Gasteiger partial charge is 0.410 e. The second-order valence-electron chi connectivity index (χ2n) is 6.91. The maximum atomic E-state index is 12.2. The lowest BCUT2D eigenvalue weighted by atomic mass is 9.74. The molecule has 0 spiro atoms. The van der Waals surface area contributed by atoms with Crippen LogP contribution in [-0.4, -0.2) is 45.7 Å². The van der Waals surface area contributed by atoms with Crippen molar-refractivity contribution in [2.45, 2.75) is 38.7 Å². The zero-order valence-electron chi connectivity index (χ0n) is 13.4. The van der Waals surface area contributed by atoms with Gasteiger partial charge in [0.15, 0.2) is 0 Å². The van der Waals surface area contributed by atoms with Crippen LogP contribution in [0.4, 0.5) is 4.79 Å². The maximum Gasteiger partial charge on any atom is 0.410 e. The summed E-state index contributed by atoms with van der Waals surface area (Å²) in [5.74, 6) is -1.59. The van der Waals surface area contributed by atoms with Crippen molar-refractivity contribution in [1.29, 1.82) is 0 Å². The molecule has 1 saturated heterocycles. The summed E-state index contributed by atoms with van der Waals surface area (Å²) in [6.45, 7) is 7.69. The Labute approximate surface area is 130 Å². The Morgan fingerprint density at radius 1 is 1.36 bits per heavy atom. The molecule has 2 rings (SSSR count). The summed E-state index contributed by atoms with van der Waals surface area (Å²) >= 11 is 0. The van der Waals surface area contributed by atoms with Gasteiger partial charge in [0.05, 0.1) is 5.92 Å². The molecule has 1 aromatic rings. The van der Waals surface area contributed by atoms with Crippen LogP contribution in [0, 0.1) is 5.92 Å². The van der Waals surface area contributed by atoms with Crippen molar-refractivity contribution in [2.24, 2.45) is 5.92 Å². The number of hydrogen-bond donors (Lipinski definition) is 1. The van der Waals surface area contributed by atoms with Crippen molar-refractivity contribution in [2.75, 3.05) is 13.1 Å². The molecule has 0 bridgehead atoms. The van der Waals surface area contributed by atoms with E-state index in [0.29, 0.717) is 6.54 Å². The first-order chi connectivity index (χ1) is 10.1. The highest BCUT2D eigenvalue weighted by atomic mass is 16.6. The zero-order valence-corrected chi connectivity index (χ0v) is 13.4. The summed E-state index contributed by atoms with van der Waals surface area (Å²) in [6.07, 6.45) is 2.79. The van der Waals surface area contributed by atoms with Gasteiger partial charge in [-0.05, 0) is 38.5 Å². The van der Waals surface area contributed by atoms with Crippen LogP contribution in [0.5, 0.6) is 0 Å². The van der Waals surface area contributed by atoms with Crippen LogP contribution < -0.4 is 0 Å². The molecule has 0 saturated carbocycles. The Morgan fingerprint density at radius 3 is 2.45 bits per heavy atom. The molecule has 0 unspecified atom stereocenters. The van der Waals surface area contributed by atoms with Gasteiger partial charge < -0.3 is 14.7 Å². The van der Waals surface area contributed by atoms with Crippen LogP contribution in [0.15, 0.2) is 24.5 Å². The molecule has 0 aromatic carbocycles. The van der Waals surface area contributed by atoms with Crippen molar-refractivity contribution in [1.82, 2.24) is 9.88 Å². The minimum atomic E-state index is -0.912. The largest absolute Gasteiger partial charge is 0.481 e. The number of ether oxygens (including phenoxy) is 1. The third-order valence-corrected chi connectivity index (χ3v) is 3.98. The molecule has 2 heterocycles. The minimum absolute atomic E-state index is 0.142. The number of nitrogens with zero attached hydrogens (tertiary/aromatic N) is 2. The molecule has 1 aromatic heterocycles. The van der Waals surface area contributed by atoms with E-state index in [2.05, 4.69) is 4.98 Å². The van der Waals surface area contributed by atoms with Crippen molar-refractivity contribution in [3.63, 3.8) is 0 Å². The van der Waals surface area contributed by atoms with E-state index in [0.717, 1.165) is 5.56 Å². The molecule has 0 aliphatic carbocycles. The van der Waals surface area contributed by atoms with E-state index in [4.69, 9.17) is 4.74 Å². The second-order valence-corrected chi connectivity index (χ2v) is 6.91. The fourth-order valence-electron chi connectivity index (χ4n) is 2.83. The first kappa shape index (κ1) is 16.3. The highest BCUT2D eigenvalue weighted by molar-refractivity contribution is 5.77. The Bertz CT molecular complexity index is 567. The predicted octanol–water partition coefficient (Wildman–Crippen LogP) is 2.29. The summed E-state index contributed by atoms with van der Waals surface area (Å²) in [4.78, 5) is 29.3. The van der Waals surface area contributed by atoms with Gasteiger partial charge in [-0.1, -0.05) is 6.92 Å². The fraction of sp³-hybridized carbons (Fsp3) is 0.562. The number of likely N-dealkylation sites (tertiary alicyclic amines) is 1. The molecule has 6 nitrogen and oxygen atoms in total. The monoisotopic (exact) mass is 306 g/mol. The molecule has 120 valence electrons. The molecule has 2 atom stereocenters. The van der Waals surface area contributed by atoms with Gasteiger partial charge >= 0.3 is 12.1 Å². The Balaban J connectivity index is 2.28. The number of carbonyl (C=O) groups is 2. The normalized spacial score (nSPS) is 25.1.